The number of carbonyl (C=O) groups is 1. The van der Waals surface area contributed by atoms with Crippen LogP contribution in [0.15, 0.2) is 17.2 Å². The predicted molar refractivity (Wildman–Crippen MR) is 75.0 cm³/mol. The maximum absolute atomic E-state index is 11.3. The number of aromatic hydroxyl groups is 1. The monoisotopic (exact) mass is 304 g/mol. The molecule has 0 fully saturated rings. The summed E-state index contributed by atoms with van der Waals surface area (Å²) in [5.74, 6) is -0.421. The van der Waals surface area contributed by atoms with Crippen molar-refractivity contribution in [3.63, 3.8) is 0 Å². The summed E-state index contributed by atoms with van der Waals surface area (Å²) >= 11 is 11.5. The number of hydrogen-bond donors (Lipinski definition) is 2. The molecule has 0 aliphatic rings. The summed E-state index contributed by atoms with van der Waals surface area (Å²) in [6.45, 7) is 2.75. The van der Waals surface area contributed by atoms with Crippen molar-refractivity contribution in [2.24, 2.45) is 5.10 Å². The van der Waals surface area contributed by atoms with E-state index < -0.39 is 0 Å². The minimum atomic E-state index is -0.280. The summed E-state index contributed by atoms with van der Waals surface area (Å²) in [4.78, 5) is 11.3. The molecule has 0 bridgehead atoms. The standard InChI is InChI=1S/C12H14Cl2N2O3/c1-2-19-4-3-11(17)16-15-7-8-5-9(13)6-10(14)12(8)18/h5-7,18H,2-4H2,1H3,(H,16,17)/b15-7+. The number of carbonyl (C=O) groups excluding carboxylic acids is 1. The Labute approximate surface area is 121 Å². The molecule has 104 valence electrons. The molecule has 0 unspecified atom stereocenters. The number of hydrogen-bond acceptors (Lipinski definition) is 4. The van der Waals surface area contributed by atoms with Crippen LogP contribution >= 0.6 is 23.2 Å². The van der Waals surface area contributed by atoms with Gasteiger partial charge in [-0.15, -0.1) is 0 Å². The van der Waals surface area contributed by atoms with Gasteiger partial charge in [-0.05, 0) is 19.1 Å². The van der Waals surface area contributed by atoms with Gasteiger partial charge in [0.1, 0.15) is 5.75 Å². The van der Waals surface area contributed by atoms with E-state index in [9.17, 15) is 9.90 Å². The maximum Gasteiger partial charge on any atom is 0.242 e. The van der Waals surface area contributed by atoms with E-state index in [4.69, 9.17) is 27.9 Å². The zero-order chi connectivity index (χ0) is 14.3. The second kappa shape index (κ2) is 7.99. The lowest BCUT2D eigenvalue weighted by molar-refractivity contribution is -0.122. The number of halogens is 2. The second-order valence-corrected chi connectivity index (χ2v) is 4.41. The Bertz CT molecular complexity index is 478. The van der Waals surface area contributed by atoms with Crippen LogP contribution < -0.4 is 5.43 Å². The molecule has 0 aliphatic heterocycles. The van der Waals surface area contributed by atoms with Gasteiger partial charge in [-0.1, -0.05) is 23.2 Å². The van der Waals surface area contributed by atoms with Crippen molar-refractivity contribution < 1.29 is 14.6 Å². The molecule has 0 aliphatic carbocycles. The smallest absolute Gasteiger partial charge is 0.242 e. The molecule has 0 saturated carbocycles. The van der Waals surface area contributed by atoms with Crippen molar-refractivity contribution in [1.82, 2.24) is 5.43 Å². The van der Waals surface area contributed by atoms with Crippen LogP contribution in [0.2, 0.25) is 10.0 Å². The molecule has 0 atom stereocenters. The van der Waals surface area contributed by atoms with Crippen LogP contribution in [0.4, 0.5) is 0 Å². The third kappa shape index (κ3) is 5.46. The topological polar surface area (TPSA) is 70.9 Å². The van der Waals surface area contributed by atoms with E-state index in [1.165, 1.54) is 18.3 Å². The van der Waals surface area contributed by atoms with Gasteiger partial charge in [0.05, 0.1) is 24.3 Å². The maximum atomic E-state index is 11.3. The van der Waals surface area contributed by atoms with Crippen molar-refractivity contribution in [2.75, 3.05) is 13.2 Å². The summed E-state index contributed by atoms with van der Waals surface area (Å²) in [6, 6.07) is 2.90. The van der Waals surface area contributed by atoms with E-state index in [2.05, 4.69) is 10.5 Å². The zero-order valence-electron chi connectivity index (χ0n) is 10.3. The molecule has 19 heavy (non-hydrogen) atoms. The summed E-state index contributed by atoms with van der Waals surface area (Å²) in [7, 11) is 0. The number of phenolic OH excluding ortho intramolecular Hbond substituents is 1. The summed E-state index contributed by atoms with van der Waals surface area (Å²) in [5.41, 5.74) is 2.63. The van der Waals surface area contributed by atoms with Crippen LogP contribution in [0.5, 0.6) is 5.75 Å². The first-order valence-corrected chi connectivity index (χ1v) is 6.37. The molecule has 5 nitrogen and oxygen atoms in total. The highest BCUT2D eigenvalue weighted by atomic mass is 35.5. The van der Waals surface area contributed by atoms with Crippen LogP contribution in [-0.4, -0.2) is 30.4 Å². The fraction of sp³-hybridized carbons (Fsp3) is 0.333. The zero-order valence-corrected chi connectivity index (χ0v) is 11.8. The van der Waals surface area contributed by atoms with Crippen LogP contribution in [0, 0.1) is 0 Å². The summed E-state index contributed by atoms with van der Waals surface area (Å²) < 4.78 is 5.03. The minimum absolute atomic E-state index is 0.122. The number of benzene rings is 1. The second-order valence-electron chi connectivity index (χ2n) is 3.57. The quantitative estimate of drug-likeness (QED) is 0.482. The Hall–Kier alpha value is -1.30. The summed E-state index contributed by atoms with van der Waals surface area (Å²) in [6.07, 6.45) is 1.49. The van der Waals surface area contributed by atoms with E-state index >= 15 is 0 Å². The SMILES string of the molecule is CCOCCC(=O)N/N=C/c1cc(Cl)cc(Cl)c1O. The number of nitrogens with one attached hydrogen (secondary N) is 1. The van der Waals surface area contributed by atoms with Crippen molar-refractivity contribution in [3.8, 4) is 5.75 Å². The van der Waals surface area contributed by atoms with Crippen molar-refractivity contribution in [3.05, 3.63) is 27.7 Å². The Kier molecular flexibility index (Phi) is 6.62. The first kappa shape index (κ1) is 15.8. The van der Waals surface area contributed by atoms with Crippen LogP contribution in [-0.2, 0) is 9.53 Å². The van der Waals surface area contributed by atoms with Gasteiger partial charge in [-0.2, -0.15) is 5.10 Å². The Balaban J connectivity index is 2.55. The van der Waals surface area contributed by atoms with Gasteiger partial charge in [0.2, 0.25) is 5.91 Å². The number of phenols is 1. The van der Waals surface area contributed by atoms with E-state index in [1.807, 2.05) is 6.92 Å². The van der Waals surface area contributed by atoms with Gasteiger partial charge >= 0.3 is 0 Å². The van der Waals surface area contributed by atoms with Crippen LogP contribution in [0.3, 0.4) is 0 Å². The molecule has 1 aromatic carbocycles. The highest BCUT2D eigenvalue weighted by Crippen LogP contribution is 2.29. The number of amides is 1. The van der Waals surface area contributed by atoms with Gasteiger partial charge in [0.15, 0.2) is 0 Å². The summed E-state index contributed by atoms with van der Waals surface area (Å²) in [5, 5.41) is 13.8. The van der Waals surface area contributed by atoms with Crippen LogP contribution in [0.25, 0.3) is 0 Å². The van der Waals surface area contributed by atoms with Crippen LogP contribution in [0.1, 0.15) is 18.9 Å². The van der Waals surface area contributed by atoms with Crippen molar-refractivity contribution >= 4 is 35.3 Å². The number of ether oxygens (including phenoxy) is 1. The van der Waals surface area contributed by atoms with Gasteiger partial charge < -0.3 is 9.84 Å². The van der Waals surface area contributed by atoms with E-state index in [0.717, 1.165) is 0 Å². The molecule has 0 spiro atoms. The predicted octanol–water partition coefficient (Wildman–Crippen LogP) is 2.58. The number of hydrazone groups is 1. The third-order valence-corrected chi connectivity index (χ3v) is 2.63. The highest BCUT2D eigenvalue weighted by Gasteiger charge is 2.06. The molecule has 0 radical (unpaired) electrons. The molecular weight excluding hydrogens is 291 g/mol. The first-order chi connectivity index (χ1) is 9.04. The number of nitrogens with zero attached hydrogens (tertiary/aromatic N) is 1. The van der Waals surface area contributed by atoms with E-state index in [1.54, 1.807) is 0 Å². The van der Waals surface area contributed by atoms with Gasteiger partial charge in [0, 0.05) is 17.2 Å². The molecule has 0 saturated heterocycles. The molecular formula is C12H14Cl2N2O3. The average molecular weight is 305 g/mol. The van der Waals surface area contributed by atoms with E-state index in [0.29, 0.717) is 23.8 Å². The lowest BCUT2D eigenvalue weighted by atomic mass is 10.2. The van der Waals surface area contributed by atoms with Crippen molar-refractivity contribution in [2.45, 2.75) is 13.3 Å². The highest BCUT2D eigenvalue weighted by molar-refractivity contribution is 6.36. The molecule has 0 aromatic heterocycles. The molecule has 1 amide bonds. The fourth-order valence-electron chi connectivity index (χ4n) is 1.22. The first-order valence-electron chi connectivity index (χ1n) is 5.62. The van der Waals surface area contributed by atoms with E-state index in [-0.39, 0.29) is 23.1 Å². The molecule has 2 N–H and O–H groups in total. The fourth-order valence-corrected chi connectivity index (χ4v) is 1.73. The average Bonchev–Trinajstić information content (AvgIpc) is 2.35. The normalized spacial score (nSPS) is 10.9. The Morgan fingerprint density at radius 2 is 2.26 bits per heavy atom. The lowest BCUT2D eigenvalue weighted by Gasteiger charge is -2.03. The third-order valence-electron chi connectivity index (χ3n) is 2.13. The van der Waals surface area contributed by atoms with Gasteiger partial charge in [-0.25, -0.2) is 5.43 Å². The molecule has 1 aromatic rings. The van der Waals surface area contributed by atoms with Crippen molar-refractivity contribution in [1.29, 1.82) is 0 Å². The molecule has 1 rings (SSSR count). The number of rotatable bonds is 6. The molecule has 7 heteroatoms. The Morgan fingerprint density at radius 3 is 2.95 bits per heavy atom. The van der Waals surface area contributed by atoms with Gasteiger partial charge in [-0.3, -0.25) is 4.79 Å². The minimum Gasteiger partial charge on any atom is -0.506 e. The van der Waals surface area contributed by atoms with Gasteiger partial charge in [0.25, 0.3) is 0 Å². The largest absolute Gasteiger partial charge is 0.506 e. The lowest BCUT2D eigenvalue weighted by Crippen LogP contribution is -2.19. The Morgan fingerprint density at radius 1 is 1.53 bits per heavy atom. The molecule has 0 heterocycles.